The molecule has 9 nitrogen and oxygen atoms in total. The van der Waals surface area contributed by atoms with Crippen molar-refractivity contribution in [2.45, 2.75) is 11.8 Å². The van der Waals surface area contributed by atoms with Crippen LogP contribution in [0.15, 0.2) is 163 Å². The predicted molar refractivity (Wildman–Crippen MR) is 199 cm³/mol. The highest BCUT2D eigenvalue weighted by Crippen LogP contribution is 2.28. The van der Waals surface area contributed by atoms with Crippen LogP contribution in [0, 0.1) is 6.92 Å². The smallest absolute Gasteiger partial charge is 0.243 e. The Hall–Kier alpha value is -5.97. The summed E-state index contributed by atoms with van der Waals surface area (Å²) in [6.07, 6.45) is 0. The fourth-order valence-corrected chi connectivity index (χ4v) is 7.07. The Labute approximate surface area is 298 Å². The topological polar surface area (TPSA) is 91.5 Å². The second-order valence-corrected chi connectivity index (χ2v) is 13.8. The molecule has 0 amide bonds. The molecule has 7 aromatic rings. The van der Waals surface area contributed by atoms with E-state index < -0.39 is 10.0 Å². The van der Waals surface area contributed by atoms with Crippen LogP contribution in [0.2, 0.25) is 0 Å². The molecular weight excluding hydrogens is 659 g/mol. The molecule has 0 saturated heterocycles. The summed E-state index contributed by atoms with van der Waals surface area (Å²) < 4.78 is 45.6. The lowest BCUT2D eigenvalue weighted by Gasteiger charge is -2.22. The van der Waals surface area contributed by atoms with Gasteiger partial charge in [0.15, 0.2) is 0 Å². The fraction of sp³-hybridized carbons (Fsp3) is 0.122. The summed E-state index contributed by atoms with van der Waals surface area (Å²) in [4.78, 5) is 0.203. The van der Waals surface area contributed by atoms with Crippen molar-refractivity contribution in [1.82, 2.24) is 23.9 Å². The van der Waals surface area contributed by atoms with Gasteiger partial charge >= 0.3 is 0 Å². The summed E-state index contributed by atoms with van der Waals surface area (Å²) in [6, 6.07) is 49.7. The van der Waals surface area contributed by atoms with E-state index >= 15 is 0 Å². The average molecular weight is 696 g/mol. The van der Waals surface area contributed by atoms with Crippen LogP contribution in [-0.4, -0.2) is 58.6 Å². The number of aromatic nitrogens is 4. The highest BCUT2D eigenvalue weighted by molar-refractivity contribution is 7.89. The first kappa shape index (κ1) is 33.5. The van der Waals surface area contributed by atoms with Crippen molar-refractivity contribution >= 4 is 10.0 Å². The van der Waals surface area contributed by atoms with Gasteiger partial charge in [0.1, 0.15) is 13.2 Å². The largest absolute Gasteiger partial charge is 0.476 e. The molecule has 0 saturated carbocycles. The van der Waals surface area contributed by atoms with Gasteiger partial charge in [-0.25, -0.2) is 17.8 Å². The van der Waals surface area contributed by atoms with Gasteiger partial charge in [0, 0.05) is 36.3 Å². The molecule has 0 N–H and O–H groups in total. The number of ether oxygens (including phenoxy) is 2. The Balaban J connectivity index is 1.13. The van der Waals surface area contributed by atoms with Gasteiger partial charge in [0.05, 0.1) is 27.7 Å². The van der Waals surface area contributed by atoms with E-state index in [1.54, 1.807) is 33.6 Å². The molecule has 0 spiro atoms. The number of hydrogen-bond donors (Lipinski definition) is 0. The van der Waals surface area contributed by atoms with E-state index in [0.717, 1.165) is 39.5 Å². The van der Waals surface area contributed by atoms with E-state index in [2.05, 4.69) is 0 Å². The fourth-order valence-electron chi connectivity index (χ4n) is 5.66. The van der Waals surface area contributed by atoms with Crippen LogP contribution in [0.25, 0.3) is 33.9 Å². The van der Waals surface area contributed by atoms with Gasteiger partial charge in [-0.1, -0.05) is 115 Å². The molecule has 0 aliphatic carbocycles. The Morgan fingerprint density at radius 1 is 0.549 bits per heavy atom. The van der Waals surface area contributed by atoms with E-state index in [0.29, 0.717) is 11.8 Å². The van der Waals surface area contributed by atoms with Crippen molar-refractivity contribution in [3.63, 3.8) is 0 Å². The maximum absolute atomic E-state index is 14.1. The number of aryl methyl sites for hydroxylation is 1. The predicted octanol–water partition coefficient (Wildman–Crippen LogP) is 7.85. The van der Waals surface area contributed by atoms with E-state index in [1.165, 1.54) is 4.31 Å². The zero-order valence-electron chi connectivity index (χ0n) is 28.1. The maximum Gasteiger partial charge on any atom is 0.243 e. The monoisotopic (exact) mass is 695 g/mol. The van der Waals surface area contributed by atoms with Crippen LogP contribution in [-0.2, 0) is 10.0 Å². The SMILES string of the molecule is Cc1ccc(S(=O)(=O)N(CCOc2cc(-c3ccccc3)nn2-c2ccccc2)CCOc2cc(-c3ccccc3)nn2-c2ccccc2)cc1. The van der Waals surface area contributed by atoms with E-state index in [9.17, 15) is 8.42 Å². The van der Waals surface area contributed by atoms with Gasteiger partial charge < -0.3 is 9.47 Å². The van der Waals surface area contributed by atoms with Crippen molar-refractivity contribution in [2.24, 2.45) is 0 Å². The summed E-state index contributed by atoms with van der Waals surface area (Å²) in [6.45, 7) is 2.24. The maximum atomic E-state index is 14.1. The van der Waals surface area contributed by atoms with Crippen LogP contribution in [0.1, 0.15) is 5.56 Å². The molecule has 0 atom stereocenters. The summed E-state index contributed by atoms with van der Waals surface area (Å²) in [7, 11) is -3.90. The van der Waals surface area contributed by atoms with Crippen molar-refractivity contribution in [3.05, 3.63) is 163 Å². The Bertz CT molecular complexity index is 2150. The lowest BCUT2D eigenvalue weighted by Crippen LogP contribution is -2.37. The highest BCUT2D eigenvalue weighted by atomic mass is 32.2. The first-order valence-electron chi connectivity index (χ1n) is 16.7. The van der Waals surface area contributed by atoms with Gasteiger partial charge in [-0.3, -0.25) is 0 Å². The number of para-hydroxylation sites is 2. The van der Waals surface area contributed by atoms with Crippen molar-refractivity contribution in [2.75, 3.05) is 26.3 Å². The first-order chi connectivity index (χ1) is 25.0. The lowest BCUT2D eigenvalue weighted by atomic mass is 10.2. The number of benzene rings is 5. The zero-order chi connectivity index (χ0) is 35.0. The molecule has 10 heteroatoms. The third kappa shape index (κ3) is 7.77. The minimum Gasteiger partial charge on any atom is -0.476 e. The zero-order valence-corrected chi connectivity index (χ0v) is 28.9. The molecule has 0 radical (unpaired) electrons. The molecular formula is C41H37N5O4S. The molecule has 51 heavy (non-hydrogen) atoms. The number of sulfonamides is 1. The molecule has 256 valence electrons. The van der Waals surface area contributed by atoms with Crippen molar-refractivity contribution < 1.29 is 17.9 Å². The summed E-state index contributed by atoms with van der Waals surface area (Å²) in [5.74, 6) is 1.01. The Kier molecular flexibility index (Phi) is 10.0. The second-order valence-electron chi connectivity index (χ2n) is 11.9. The number of rotatable bonds is 14. The van der Waals surface area contributed by atoms with Crippen molar-refractivity contribution in [1.29, 1.82) is 0 Å². The third-order valence-corrected chi connectivity index (χ3v) is 10.2. The summed E-state index contributed by atoms with van der Waals surface area (Å²) in [5.41, 5.74) is 6.02. The quantitative estimate of drug-likeness (QED) is 0.115. The molecule has 2 heterocycles. The average Bonchev–Trinajstić information content (AvgIpc) is 3.81. The van der Waals surface area contributed by atoms with Crippen LogP contribution < -0.4 is 9.47 Å². The molecule has 0 bridgehead atoms. The third-order valence-electron chi connectivity index (χ3n) is 8.33. The van der Waals surface area contributed by atoms with Crippen LogP contribution in [0.5, 0.6) is 11.8 Å². The Morgan fingerprint density at radius 2 is 0.941 bits per heavy atom. The second kappa shape index (κ2) is 15.3. The molecule has 7 rings (SSSR count). The number of nitrogens with zero attached hydrogens (tertiary/aromatic N) is 5. The van der Waals surface area contributed by atoms with Crippen molar-refractivity contribution in [3.8, 4) is 45.6 Å². The van der Waals surface area contributed by atoms with Crippen LogP contribution in [0.4, 0.5) is 0 Å². The lowest BCUT2D eigenvalue weighted by molar-refractivity contribution is 0.225. The van der Waals surface area contributed by atoms with Gasteiger partial charge in [-0.15, -0.1) is 0 Å². The number of hydrogen-bond acceptors (Lipinski definition) is 6. The molecule has 0 unspecified atom stereocenters. The van der Waals surface area contributed by atoms with Gasteiger partial charge in [0.25, 0.3) is 0 Å². The van der Waals surface area contributed by atoms with Gasteiger partial charge in [0.2, 0.25) is 21.8 Å². The first-order valence-corrected chi connectivity index (χ1v) is 18.1. The highest BCUT2D eigenvalue weighted by Gasteiger charge is 2.25. The molecule has 0 aliphatic rings. The van der Waals surface area contributed by atoms with Crippen LogP contribution >= 0.6 is 0 Å². The van der Waals surface area contributed by atoms with Gasteiger partial charge in [-0.2, -0.15) is 14.5 Å². The standard InChI is InChI=1S/C41H37N5O4S/c1-32-22-24-37(25-23-32)51(47,48)44(26-28-49-40-30-38(33-14-6-2-7-15-33)42-45(40)35-18-10-4-11-19-35)27-29-50-41-31-39(34-16-8-3-9-17-34)43-46(41)36-20-12-5-13-21-36/h2-25,30-31H,26-29H2,1H3. The molecule has 0 aliphatic heterocycles. The minimum atomic E-state index is -3.90. The van der Waals surface area contributed by atoms with Crippen LogP contribution in [0.3, 0.4) is 0 Å². The summed E-state index contributed by atoms with van der Waals surface area (Å²) in [5, 5.41) is 9.65. The molecule has 2 aromatic heterocycles. The van der Waals surface area contributed by atoms with E-state index in [4.69, 9.17) is 19.7 Å². The molecule has 5 aromatic carbocycles. The Morgan fingerprint density at radius 3 is 1.35 bits per heavy atom. The molecule has 0 fully saturated rings. The van der Waals surface area contributed by atoms with Gasteiger partial charge in [-0.05, 0) is 43.3 Å². The minimum absolute atomic E-state index is 0.0768. The summed E-state index contributed by atoms with van der Waals surface area (Å²) >= 11 is 0. The van der Waals surface area contributed by atoms with E-state index in [-0.39, 0.29) is 31.2 Å². The normalized spacial score (nSPS) is 11.5. The van der Waals surface area contributed by atoms with E-state index in [1.807, 2.05) is 140 Å².